The van der Waals surface area contributed by atoms with Gasteiger partial charge in [0.25, 0.3) is 0 Å². The Morgan fingerprint density at radius 1 is 1.22 bits per heavy atom. The van der Waals surface area contributed by atoms with Gasteiger partial charge in [-0.2, -0.15) is 15.9 Å². The number of rotatable bonds is 3. The lowest BCUT2D eigenvalue weighted by molar-refractivity contribution is 0.233. The Morgan fingerprint density at radius 3 is 2.65 bits per heavy atom. The van der Waals surface area contributed by atoms with Crippen LogP contribution >= 0.6 is 22.7 Å². The van der Waals surface area contributed by atoms with Crippen molar-refractivity contribution in [1.29, 1.82) is 0 Å². The van der Waals surface area contributed by atoms with Crippen LogP contribution in [-0.4, -0.2) is 37.7 Å². The number of thiophene rings is 1. The molecule has 0 amide bonds. The molecular formula is C16H20N4OS2. The maximum Gasteiger partial charge on any atom is 0.230 e. The summed E-state index contributed by atoms with van der Waals surface area (Å²) in [6.07, 6.45) is 5.04. The van der Waals surface area contributed by atoms with Crippen LogP contribution in [0.3, 0.4) is 0 Å². The molecule has 4 rings (SSSR count). The lowest BCUT2D eigenvalue weighted by Crippen LogP contribution is -2.30. The molecule has 7 heteroatoms. The first-order chi connectivity index (χ1) is 11.2. The van der Waals surface area contributed by atoms with E-state index >= 15 is 0 Å². The number of aromatic hydroxyl groups is 1. The van der Waals surface area contributed by atoms with Crippen LogP contribution in [0.1, 0.15) is 48.0 Å². The first-order valence-corrected chi connectivity index (χ1v) is 9.81. The van der Waals surface area contributed by atoms with E-state index in [9.17, 15) is 5.11 Å². The third-order valence-electron chi connectivity index (χ3n) is 4.42. The van der Waals surface area contributed by atoms with Crippen molar-refractivity contribution in [2.24, 2.45) is 0 Å². The highest BCUT2D eigenvalue weighted by Crippen LogP contribution is 2.41. The van der Waals surface area contributed by atoms with E-state index in [-0.39, 0.29) is 11.9 Å². The number of aryl methyl sites for hydroxylation is 1. The van der Waals surface area contributed by atoms with Crippen LogP contribution in [0.4, 0.5) is 0 Å². The lowest BCUT2D eigenvalue weighted by atomic mass is 10.1. The Bertz CT molecular complexity index is 785. The van der Waals surface area contributed by atoms with Gasteiger partial charge in [0.2, 0.25) is 10.8 Å². The van der Waals surface area contributed by atoms with E-state index in [0.717, 1.165) is 22.9 Å². The Kier molecular flexibility index (Phi) is 4.09. The molecule has 0 aromatic carbocycles. The molecule has 0 saturated carbocycles. The summed E-state index contributed by atoms with van der Waals surface area (Å²) >= 11 is 3.26. The summed E-state index contributed by atoms with van der Waals surface area (Å²) in [5, 5.41) is 19.3. The molecule has 1 aliphatic heterocycles. The number of likely N-dealkylation sites (tertiary alicyclic amines) is 1. The summed E-state index contributed by atoms with van der Waals surface area (Å²) < 4.78 is 1.58. The average Bonchev–Trinajstić information content (AvgIpc) is 3.17. The Morgan fingerprint density at radius 2 is 2.00 bits per heavy atom. The van der Waals surface area contributed by atoms with Gasteiger partial charge in [-0.25, -0.2) is 4.98 Å². The van der Waals surface area contributed by atoms with E-state index in [1.165, 1.54) is 31.2 Å². The Hall–Kier alpha value is -1.44. The smallest absolute Gasteiger partial charge is 0.230 e. The van der Waals surface area contributed by atoms with Crippen LogP contribution in [-0.2, 0) is 0 Å². The van der Waals surface area contributed by atoms with Gasteiger partial charge in [0, 0.05) is 0 Å². The number of fused-ring (bicyclic) bond motifs is 1. The van der Waals surface area contributed by atoms with Crippen LogP contribution in [0, 0.1) is 6.92 Å². The maximum atomic E-state index is 10.7. The van der Waals surface area contributed by atoms with Gasteiger partial charge in [0.05, 0.1) is 10.9 Å². The maximum absolute atomic E-state index is 10.7. The van der Waals surface area contributed by atoms with Crippen LogP contribution in [0.2, 0.25) is 0 Å². The molecule has 1 aliphatic rings. The molecule has 0 bridgehead atoms. The molecule has 3 aromatic rings. The molecule has 23 heavy (non-hydrogen) atoms. The van der Waals surface area contributed by atoms with Crippen molar-refractivity contribution in [2.75, 3.05) is 13.1 Å². The van der Waals surface area contributed by atoms with E-state index in [2.05, 4.69) is 31.8 Å². The molecule has 1 saturated heterocycles. The second-order valence-electron chi connectivity index (χ2n) is 6.05. The number of aromatic nitrogens is 3. The van der Waals surface area contributed by atoms with E-state index in [4.69, 9.17) is 0 Å². The molecule has 1 atom stereocenters. The van der Waals surface area contributed by atoms with Crippen molar-refractivity contribution >= 4 is 27.6 Å². The van der Waals surface area contributed by atoms with Gasteiger partial charge >= 0.3 is 0 Å². The second-order valence-corrected chi connectivity index (χ2v) is 7.84. The van der Waals surface area contributed by atoms with Crippen molar-refractivity contribution in [3.8, 4) is 5.88 Å². The fourth-order valence-corrected chi connectivity index (χ4v) is 5.18. The van der Waals surface area contributed by atoms with Crippen molar-refractivity contribution in [2.45, 2.75) is 38.6 Å². The van der Waals surface area contributed by atoms with Gasteiger partial charge < -0.3 is 5.11 Å². The molecule has 4 heterocycles. The van der Waals surface area contributed by atoms with Crippen LogP contribution in [0.25, 0.3) is 4.96 Å². The predicted octanol–water partition coefficient (Wildman–Crippen LogP) is 3.83. The van der Waals surface area contributed by atoms with Crippen LogP contribution < -0.4 is 0 Å². The van der Waals surface area contributed by atoms with Gasteiger partial charge in [-0.15, -0.1) is 5.10 Å². The molecule has 0 aliphatic carbocycles. The average molecular weight is 348 g/mol. The Balaban J connectivity index is 1.79. The molecule has 0 unspecified atom stereocenters. The van der Waals surface area contributed by atoms with E-state index < -0.39 is 0 Å². The molecule has 0 radical (unpaired) electrons. The van der Waals surface area contributed by atoms with E-state index in [1.807, 2.05) is 6.92 Å². The van der Waals surface area contributed by atoms with Gasteiger partial charge in [-0.1, -0.05) is 24.2 Å². The van der Waals surface area contributed by atoms with Crippen molar-refractivity contribution < 1.29 is 5.11 Å². The number of thiazole rings is 1. The largest absolute Gasteiger partial charge is 0.492 e. The molecule has 1 fully saturated rings. The van der Waals surface area contributed by atoms with Gasteiger partial charge in [-0.3, -0.25) is 4.90 Å². The topological polar surface area (TPSA) is 53.7 Å². The molecule has 0 spiro atoms. The Labute approximate surface area is 143 Å². The molecular weight excluding hydrogens is 328 g/mol. The highest BCUT2D eigenvalue weighted by molar-refractivity contribution is 7.17. The minimum atomic E-state index is 0.105. The first-order valence-electron chi connectivity index (χ1n) is 8.05. The third kappa shape index (κ3) is 2.77. The van der Waals surface area contributed by atoms with Crippen molar-refractivity contribution in [3.05, 3.63) is 33.1 Å². The lowest BCUT2D eigenvalue weighted by Gasteiger charge is -2.29. The SMILES string of the molecule is Cc1nc2sc([C@@H](c3ccsc3)N3CCCCCC3)c(O)n2n1. The predicted molar refractivity (Wildman–Crippen MR) is 93.5 cm³/mol. The minimum Gasteiger partial charge on any atom is -0.492 e. The fraction of sp³-hybridized carbons (Fsp3) is 0.500. The second kappa shape index (κ2) is 6.22. The number of nitrogens with zero attached hydrogens (tertiary/aromatic N) is 4. The van der Waals surface area contributed by atoms with Crippen molar-refractivity contribution in [3.63, 3.8) is 0 Å². The zero-order valence-corrected chi connectivity index (χ0v) is 14.7. The summed E-state index contributed by atoms with van der Waals surface area (Å²) in [6.45, 7) is 4.00. The quantitative estimate of drug-likeness (QED) is 0.781. The fourth-order valence-electron chi connectivity index (χ4n) is 3.34. The zero-order valence-electron chi connectivity index (χ0n) is 13.1. The van der Waals surface area contributed by atoms with Crippen LogP contribution in [0.5, 0.6) is 5.88 Å². The summed E-state index contributed by atoms with van der Waals surface area (Å²) in [5.41, 5.74) is 1.26. The van der Waals surface area contributed by atoms with Gasteiger partial charge in [0.1, 0.15) is 5.82 Å². The minimum absolute atomic E-state index is 0.105. The monoisotopic (exact) mass is 348 g/mol. The van der Waals surface area contributed by atoms with E-state index in [1.54, 1.807) is 27.2 Å². The number of hydrogen-bond acceptors (Lipinski definition) is 6. The summed E-state index contributed by atoms with van der Waals surface area (Å²) in [4.78, 5) is 8.65. The molecule has 5 nitrogen and oxygen atoms in total. The highest BCUT2D eigenvalue weighted by Gasteiger charge is 2.29. The normalized spacial score (nSPS) is 18.3. The third-order valence-corrected chi connectivity index (χ3v) is 6.19. The number of hydrogen-bond donors (Lipinski definition) is 1. The summed E-state index contributed by atoms with van der Waals surface area (Å²) in [5.74, 6) is 0.936. The summed E-state index contributed by atoms with van der Waals surface area (Å²) in [6, 6.07) is 2.27. The van der Waals surface area contributed by atoms with Gasteiger partial charge in [-0.05, 0) is 55.2 Å². The molecule has 1 N–H and O–H groups in total. The summed E-state index contributed by atoms with van der Waals surface area (Å²) in [7, 11) is 0. The van der Waals surface area contributed by atoms with Gasteiger partial charge in [0.15, 0.2) is 0 Å². The van der Waals surface area contributed by atoms with Crippen LogP contribution in [0.15, 0.2) is 16.8 Å². The molecule has 122 valence electrons. The molecule has 3 aromatic heterocycles. The highest BCUT2D eigenvalue weighted by atomic mass is 32.1. The zero-order chi connectivity index (χ0) is 15.8. The van der Waals surface area contributed by atoms with E-state index in [0.29, 0.717) is 5.82 Å². The standard InChI is InChI=1S/C16H20N4OS2/c1-11-17-16-20(18-11)15(21)14(23-16)13(12-6-9-22-10-12)19-7-4-2-3-5-8-19/h6,9-10,13,21H,2-5,7-8H2,1H3/t13-/m1/s1. The van der Waals surface area contributed by atoms with Crippen molar-refractivity contribution in [1.82, 2.24) is 19.5 Å². The first kappa shape index (κ1) is 15.1.